The smallest absolute Gasteiger partial charge is 0.345 e. The highest BCUT2D eigenvalue weighted by molar-refractivity contribution is 5.97. The third kappa shape index (κ3) is 6.04. The standard InChI is InChI=1S/C26H25NO5/c1-17-9-10-18(2)23(15-17)27-26(30)25(21-7-5-4-6-8-21)32-24(29)16-31-22-13-11-20(12-14-22)19(3)28/h4-15,25H,16H2,1-3H3,(H,27,30). The number of anilines is 1. The third-order valence-electron chi connectivity index (χ3n) is 4.86. The van der Waals surface area contributed by atoms with Crippen molar-refractivity contribution in [3.63, 3.8) is 0 Å². The van der Waals surface area contributed by atoms with Crippen LogP contribution in [0.4, 0.5) is 5.69 Å². The number of nitrogens with one attached hydrogen (secondary N) is 1. The molecule has 0 radical (unpaired) electrons. The summed E-state index contributed by atoms with van der Waals surface area (Å²) in [7, 11) is 0. The van der Waals surface area contributed by atoms with Crippen molar-refractivity contribution in [1.82, 2.24) is 0 Å². The summed E-state index contributed by atoms with van der Waals surface area (Å²) in [5.74, 6) is -0.783. The summed E-state index contributed by atoms with van der Waals surface area (Å²) < 4.78 is 10.9. The molecule has 0 spiro atoms. The Bertz CT molecular complexity index is 1110. The molecule has 1 amide bonds. The molecule has 0 fully saturated rings. The number of ketones is 1. The average molecular weight is 431 g/mol. The topological polar surface area (TPSA) is 81.7 Å². The Hall–Kier alpha value is -3.93. The number of carbonyl (C=O) groups is 3. The molecule has 0 heterocycles. The summed E-state index contributed by atoms with van der Waals surface area (Å²) in [4.78, 5) is 36.9. The first-order valence-corrected chi connectivity index (χ1v) is 10.2. The average Bonchev–Trinajstić information content (AvgIpc) is 2.79. The van der Waals surface area contributed by atoms with E-state index in [4.69, 9.17) is 9.47 Å². The van der Waals surface area contributed by atoms with Crippen LogP contribution >= 0.6 is 0 Å². The molecule has 0 saturated carbocycles. The van der Waals surface area contributed by atoms with Crippen LogP contribution in [0.15, 0.2) is 72.8 Å². The minimum atomic E-state index is -1.13. The second kappa shape index (κ2) is 10.4. The molecule has 0 saturated heterocycles. The Morgan fingerprint density at radius 3 is 2.25 bits per heavy atom. The number of aryl methyl sites for hydroxylation is 2. The van der Waals surface area contributed by atoms with Crippen molar-refractivity contribution in [3.8, 4) is 5.75 Å². The molecule has 0 aliphatic heterocycles. The molecule has 164 valence electrons. The highest BCUT2D eigenvalue weighted by Gasteiger charge is 2.26. The van der Waals surface area contributed by atoms with Gasteiger partial charge < -0.3 is 14.8 Å². The summed E-state index contributed by atoms with van der Waals surface area (Å²) in [5, 5.41) is 2.86. The first-order valence-electron chi connectivity index (χ1n) is 10.2. The van der Waals surface area contributed by atoms with Crippen LogP contribution in [0, 0.1) is 13.8 Å². The number of amides is 1. The molecule has 6 nitrogen and oxygen atoms in total. The number of benzene rings is 3. The van der Waals surface area contributed by atoms with Crippen molar-refractivity contribution in [2.75, 3.05) is 11.9 Å². The molecule has 0 aliphatic carbocycles. The zero-order valence-electron chi connectivity index (χ0n) is 18.3. The number of carbonyl (C=O) groups excluding carboxylic acids is 3. The van der Waals surface area contributed by atoms with Gasteiger partial charge in [-0.15, -0.1) is 0 Å². The highest BCUT2D eigenvalue weighted by atomic mass is 16.6. The van der Waals surface area contributed by atoms with Crippen LogP contribution in [-0.2, 0) is 14.3 Å². The van der Waals surface area contributed by atoms with Crippen LogP contribution < -0.4 is 10.1 Å². The largest absolute Gasteiger partial charge is 0.482 e. The molecule has 3 rings (SSSR count). The van der Waals surface area contributed by atoms with Crippen LogP contribution in [-0.4, -0.2) is 24.3 Å². The number of hydrogen-bond acceptors (Lipinski definition) is 5. The molecular weight excluding hydrogens is 406 g/mol. The van der Waals surface area contributed by atoms with E-state index in [0.717, 1.165) is 11.1 Å². The van der Waals surface area contributed by atoms with Crippen molar-refractivity contribution in [1.29, 1.82) is 0 Å². The second-order valence-corrected chi connectivity index (χ2v) is 7.46. The molecule has 0 aliphatic rings. The molecule has 3 aromatic carbocycles. The van der Waals surface area contributed by atoms with E-state index < -0.39 is 18.0 Å². The Balaban J connectivity index is 1.70. The number of hydrogen-bond donors (Lipinski definition) is 1. The van der Waals surface area contributed by atoms with Gasteiger partial charge in [0.1, 0.15) is 5.75 Å². The first-order chi connectivity index (χ1) is 15.3. The van der Waals surface area contributed by atoms with Gasteiger partial charge in [0.2, 0.25) is 6.10 Å². The fourth-order valence-corrected chi connectivity index (χ4v) is 3.06. The first kappa shape index (κ1) is 22.7. The second-order valence-electron chi connectivity index (χ2n) is 7.46. The summed E-state index contributed by atoms with van der Waals surface area (Å²) in [6.45, 7) is 4.92. The van der Waals surface area contributed by atoms with Gasteiger partial charge in [0, 0.05) is 16.8 Å². The van der Waals surface area contributed by atoms with Gasteiger partial charge in [-0.05, 0) is 62.2 Å². The van der Waals surface area contributed by atoms with Crippen molar-refractivity contribution < 1.29 is 23.9 Å². The van der Waals surface area contributed by atoms with E-state index in [0.29, 0.717) is 22.6 Å². The number of Topliss-reactive ketones (excluding diaryl/α,β-unsaturated/α-hetero) is 1. The van der Waals surface area contributed by atoms with E-state index in [1.165, 1.54) is 6.92 Å². The normalized spacial score (nSPS) is 11.3. The van der Waals surface area contributed by atoms with E-state index >= 15 is 0 Å². The lowest BCUT2D eigenvalue weighted by atomic mass is 10.1. The lowest BCUT2D eigenvalue weighted by Crippen LogP contribution is -2.28. The lowest BCUT2D eigenvalue weighted by molar-refractivity contribution is -0.156. The summed E-state index contributed by atoms with van der Waals surface area (Å²) in [6, 6.07) is 21.0. The SMILES string of the molecule is CC(=O)c1ccc(OCC(=O)OC(C(=O)Nc2cc(C)ccc2C)c2ccccc2)cc1. The molecule has 32 heavy (non-hydrogen) atoms. The Morgan fingerprint density at radius 2 is 1.59 bits per heavy atom. The summed E-state index contributed by atoms with van der Waals surface area (Å²) in [6.07, 6.45) is -1.13. The third-order valence-corrected chi connectivity index (χ3v) is 4.86. The molecule has 1 N–H and O–H groups in total. The van der Waals surface area contributed by atoms with Gasteiger partial charge >= 0.3 is 5.97 Å². The van der Waals surface area contributed by atoms with Crippen LogP contribution in [0.5, 0.6) is 5.75 Å². The van der Waals surface area contributed by atoms with Crippen molar-refractivity contribution in [2.45, 2.75) is 26.9 Å². The van der Waals surface area contributed by atoms with Crippen molar-refractivity contribution >= 4 is 23.3 Å². The molecule has 1 atom stereocenters. The van der Waals surface area contributed by atoms with Gasteiger partial charge in [-0.1, -0.05) is 42.5 Å². The van der Waals surface area contributed by atoms with Gasteiger partial charge in [0.05, 0.1) is 0 Å². The Morgan fingerprint density at radius 1 is 0.906 bits per heavy atom. The highest BCUT2D eigenvalue weighted by Crippen LogP contribution is 2.23. The quantitative estimate of drug-likeness (QED) is 0.409. The van der Waals surface area contributed by atoms with E-state index in [2.05, 4.69) is 5.32 Å². The van der Waals surface area contributed by atoms with Crippen LogP contribution in [0.25, 0.3) is 0 Å². The number of ether oxygens (including phenoxy) is 2. The predicted octanol–water partition coefficient (Wildman–Crippen LogP) is 4.81. The van der Waals surface area contributed by atoms with Gasteiger partial charge in [-0.3, -0.25) is 9.59 Å². The van der Waals surface area contributed by atoms with Crippen LogP contribution in [0.2, 0.25) is 0 Å². The predicted molar refractivity (Wildman–Crippen MR) is 122 cm³/mol. The maximum atomic E-state index is 13.0. The van der Waals surface area contributed by atoms with E-state index in [1.807, 2.05) is 38.1 Å². The molecule has 6 heteroatoms. The number of esters is 1. The molecule has 0 aromatic heterocycles. The molecule has 0 bridgehead atoms. The minimum absolute atomic E-state index is 0.0588. The zero-order chi connectivity index (χ0) is 23.1. The van der Waals surface area contributed by atoms with E-state index in [-0.39, 0.29) is 12.4 Å². The Labute approximate surface area is 187 Å². The molecular formula is C26H25NO5. The van der Waals surface area contributed by atoms with Gasteiger partial charge in [-0.2, -0.15) is 0 Å². The fraction of sp³-hybridized carbons (Fsp3) is 0.192. The van der Waals surface area contributed by atoms with Crippen molar-refractivity contribution in [2.24, 2.45) is 0 Å². The van der Waals surface area contributed by atoms with Gasteiger partial charge in [0.15, 0.2) is 12.4 Å². The fourth-order valence-electron chi connectivity index (χ4n) is 3.06. The van der Waals surface area contributed by atoms with E-state index in [1.54, 1.807) is 48.5 Å². The maximum absolute atomic E-state index is 13.0. The molecule has 3 aromatic rings. The van der Waals surface area contributed by atoms with Gasteiger partial charge in [-0.25, -0.2) is 4.79 Å². The van der Waals surface area contributed by atoms with E-state index in [9.17, 15) is 14.4 Å². The Kier molecular flexibility index (Phi) is 7.39. The van der Waals surface area contributed by atoms with Crippen molar-refractivity contribution in [3.05, 3.63) is 95.1 Å². The number of rotatable bonds is 8. The molecule has 1 unspecified atom stereocenters. The monoisotopic (exact) mass is 431 g/mol. The zero-order valence-corrected chi connectivity index (χ0v) is 18.3. The summed E-state index contributed by atoms with van der Waals surface area (Å²) >= 11 is 0. The van der Waals surface area contributed by atoms with Crippen LogP contribution in [0.3, 0.4) is 0 Å². The van der Waals surface area contributed by atoms with Gasteiger partial charge in [0.25, 0.3) is 5.91 Å². The summed E-state index contributed by atoms with van der Waals surface area (Å²) in [5.41, 5.74) is 3.67. The maximum Gasteiger partial charge on any atom is 0.345 e. The van der Waals surface area contributed by atoms with Crippen LogP contribution in [0.1, 0.15) is 40.1 Å². The lowest BCUT2D eigenvalue weighted by Gasteiger charge is -2.19. The minimum Gasteiger partial charge on any atom is -0.482 e.